The highest BCUT2D eigenvalue weighted by Crippen LogP contribution is 2.19. The molecule has 7 heteroatoms. The predicted molar refractivity (Wildman–Crippen MR) is 79.9 cm³/mol. The van der Waals surface area contributed by atoms with Gasteiger partial charge in [-0.25, -0.2) is 4.98 Å². The molecule has 118 valence electrons. The third-order valence-electron chi connectivity index (χ3n) is 3.67. The standard InChI is InChI=1S/C15H21N5O2/c1-9(2)5-10-6-11(22-20-10)7-17-15(21)14-13-12(3-4-16-14)18-8-19-13/h6,8-9,14,16H,3-5,7H2,1-2H3,(H,17,21)(H,18,19)/t14-/m0/s1. The van der Waals surface area contributed by atoms with Gasteiger partial charge < -0.3 is 20.1 Å². The number of nitrogens with zero attached hydrogens (tertiary/aromatic N) is 2. The van der Waals surface area contributed by atoms with E-state index in [0.717, 1.165) is 36.5 Å². The first-order valence-electron chi connectivity index (χ1n) is 7.61. The Hall–Kier alpha value is -2.15. The Morgan fingerprint density at radius 1 is 1.55 bits per heavy atom. The average Bonchev–Trinajstić information content (AvgIpc) is 3.12. The van der Waals surface area contributed by atoms with Crippen molar-refractivity contribution in [1.29, 1.82) is 0 Å². The number of fused-ring (bicyclic) bond motifs is 1. The van der Waals surface area contributed by atoms with Crippen molar-refractivity contribution in [2.24, 2.45) is 5.92 Å². The van der Waals surface area contributed by atoms with Gasteiger partial charge in [0.2, 0.25) is 5.91 Å². The number of hydrogen-bond acceptors (Lipinski definition) is 5. The fourth-order valence-electron chi connectivity index (χ4n) is 2.67. The maximum absolute atomic E-state index is 12.3. The maximum Gasteiger partial charge on any atom is 0.243 e. The molecule has 2 aromatic heterocycles. The Labute approximate surface area is 128 Å². The SMILES string of the molecule is CC(C)Cc1cc(CNC(=O)[C@H]2NCCc3[nH]cnc32)on1. The van der Waals surface area contributed by atoms with Gasteiger partial charge in [0.15, 0.2) is 5.76 Å². The number of rotatable bonds is 5. The van der Waals surface area contributed by atoms with Crippen molar-refractivity contribution >= 4 is 5.91 Å². The molecular weight excluding hydrogens is 282 g/mol. The Morgan fingerprint density at radius 3 is 3.23 bits per heavy atom. The van der Waals surface area contributed by atoms with Crippen molar-refractivity contribution in [3.63, 3.8) is 0 Å². The minimum Gasteiger partial charge on any atom is -0.359 e. The van der Waals surface area contributed by atoms with Gasteiger partial charge in [0.1, 0.15) is 6.04 Å². The first-order valence-corrected chi connectivity index (χ1v) is 7.61. The molecule has 1 atom stereocenters. The van der Waals surface area contributed by atoms with Crippen LogP contribution in [0.1, 0.15) is 42.7 Å². The minimum atomic E-state index is -0.409. The second kappa shape index (κ2) is 6.31. The molecule has 0 bridgehead atoms. The van der Waals surface area contributed by atoms with Crippen LogP contribution < -0.4 is 10.6 Å². The van der Waals surface area contributed by atoms with Gasteiger partial charge in [-0.3, -0.25) is 4.79 Å². The average molecular weight is 303 g/mol. The zero-order valence-electron chi connectivity index (χ0n) is 12.8. The summed E-state index contributed by atoms with van der Waals surface area (Å²) in [6, 6.07) is 1.49. The second-order valence-corrected chi connectivity index (χ2v) is 6.00. The van der Waals surface area contributed by atoms with Crippen LogP contribution in [-0.2, 0) is 24.2 Å². The van der Waals surface area contributed by atoms with Crippen molar-refractivity contribution < 1.29 is 9.32 Å². The second-order valence-electron chi connectivity index (χ2n) is 6.00. The lowest BCUT2D eigenvalue weighted by Gasteiger charge is -2.21. The van der Waals surface area contributed by atoms with E-state index in [1.165, 1.54) is 0 Å². The van der Waals surface area contributed by atoms with Gasteiger partial charge in [0, 0.05) is 24.7 Å². The highest BCUT2D eigenvalue weighted by Gasteiger charge is 2.28. The van der Waals surface area contributed by atoms with Crippen LogP contribution in [-0.4, -0.2) is 27.6 Å². The van der Waals surface area contributed by atoms with Crippen LogP contribution >= 0.6 is 0 Å². The smallest absolute Gasteiger partial charge is 0.243 e. The topological polar surface area (TPSA) is 95.8 Å². The summed E-state index contributed by atoms with van der Waals surface area (Å²) in [6.07, 6.45) is 3.37. The number of aromatic nitrogens is 3. The van der Waals surface area contributed by atoms with Gasteiger partial charge in [-0.15, -0.1) is 0 Å². The molecule has 3 heterocycles. The van der Waals surface area contributed by atoms with E-state index in [0.29, 0.717) is 18.2 Å². The van der Waals surface area contributed by atoms with E-state index in [1.807, 2.05) is 6.07 Å². The fraction of sp³-hybridized carbons (Fsp3) is 0.533. The van der Waals surface area contributed by atoms with Crippen LogP contribution in [0.25, 0.3) is 0 Å². The summed E-state index contributed by atoms with van der Waals surface area (Å²) in [4.78, 5) is 19.6. The molecule has 0 saturated carbocycles. The highest BCUT2D eigenvalue weighted by atomic mass is 16.5. The van der Waals surface area contributed by atoms with E-state index in [1.54, 1.807) is 6.33 Å². The normalized spacial score (nSPS) is 17.5. The number of H-pyrrole nitrogens is 1. The number of carbonyl (C=O) groups excluding carboxylic acids is 1. The number of nitrogens with one attached hydrogen (secondary N) is 3. The largest absolute Gasteiger partial charge is 0.359 e. The van der Waals surface area contributed by atoms with Gasteiger partial charge in [-0.1, -0.05) is 19.0 Å². The molecule has 1 aliphatic heterocycles. The number of imidazole rings is 1. The zero-order valence-corrected chi connectivity index (χ0v) is 12.8. The molecule has 3 N–H and O–H groups in total. The number of aromatic amines is 1. The Kier molecular flexibility index (Phi) is 4.24. The Bertz CT molecular complexity index is 646. The fourth-order valence-corrected chi connectivity index (χ4v) is 2.67. The van der Waals surface area contributed by atoms with E-state index in [2.05, 4.69) is 39.6 Å². The number of amides is 1. The summed E-state index contributed by atoms with van der Waals surface area (Å²) in [5.74, 6) is 1.09. The van der Waals surface area contributed by atoms with Crippen LogP contribution in [0.5, 0.6) is 0 Å². The lowest BCUT2D eigenvalue weighted by atomic mass is 10.1. The molecule has 22 heavy (non-hydrogen) atoms. The molecule has 0 fully saturated rings. The van der Waals surface area contributed by atoms with E-state index >= 15 is 0 Å². The summed E-state index contributed by atoms with van der Waals surface area (Å²) in [5, 5.41) is 10.1. The van der Waals surface area contributed by atoms with Crippen molar-refractivity contribution in [3.05, 3.63) is 35.2 Å². The first-order chi connectivity index (χ1) is 10.6. The highest BCUT2D eigenvalue weighted by molar-refractivity contribution is 5.83. The Balaban J connectivity index is 1.58. The molecule has 2 aromatic rings. The van der Waals surface area contributed by atoms with Crippen LogP contribution in [0.2, 0.25) is 0 Å². The van der Waals surface area contributed by atoms with Gasteiger partial charge in [0.25, 0.3) is 0 Å². The molecule has 0 aromatic carbocycles. The molecule has 1 aliphatic rings. The molecule has 0 saturated heterocycles. The van der Waals surface area contributed by atoms with Crippen molar-refractivity contribution in [3.8, 4) is 0 Å². The van der Waals surface area contributed by atoms with Crippen molar-refractivity contribution in [2.75, 3.05) is 6.54 Å². The quantitative estimate of drug-likeness (QED) is 0.768. The predicted octanol–water partition coefficient (Wildman–Crippen LogP) is 1.10. The van der Waals surface area contributed by atoms with Crippen molar-refractivity contribution in [2.45, 2.75) is 39.3 Å². The van der Waals surface area contributed by atoms with Gasteiger partial charge in [-0.05, 0) is 12.3 Å². The number of hydrogen-bond donors (Lipinski definition) is 3. The molecular formula is C15H21N5O2. The third kappa shape index (κ3) is 3.19. The monoisotopic (exact) mass is 303 g/mol. The summed E-state index contributed by atoms with van der Waals surface area (Å²) in [7, 11) is 0. The van der Waals surface area contributed by atoms with Crippen LogP contribution in [0, 0.1) is 5.92 Å². The summed E-state index contributed by atoms with van der Waals surface area (Å²) in [6.45, 7) is 5.36. The molecule has 0 spiro atoms. The molecule has 0 aliphatic carbocycles. The lowest BCUT2D eigenvalue weighted by molar-refractivity contribution is -0.123. The summed E-state index contributed by atoms with van der Waals surface area (Å²) < 4.78 is 5.25. The van der Waals surface area contributed by atoms with E-state index in [9.17, 15) is 4.79 Å². The number of carbonyl (C=O) groups is 1. The Morgan fingerprint density at radius 2 is 2.41 bits per heavy atom. The molecule has 1 amide bonds. The molecule has 7 nitrogen and oxygen atoms in total. The van der Waals surface area contributed by atoms with Crippen molar-refractivity contribution in [1.82, 2.24) is 25.8 Å². The summed E-state index contributed by atoms with van der Waals surface area (Å²) in [5.41, 5.74) is 2.73. The lowest BCUT2D eigenvalue weighted by Crippen LogP contribution is -2.41. The van der Waals surface area contributed by atoms with E-state index < -0.39 is 6.04 Å². The van der Waals surface area contributed by atoms with Gasteiger partial charge >= 0.3 is 0 Å². The zero-order chi connectivity index (χ0) is 15.5. The maximum atomic E-state index is 12.3. The first kappa shape index (κ1) is 14.8. The van der Waals surface area contributed by atoms with Crippen LogP contribution in [0.3, 0.4) is 0 Å². The van der Waals surface area contributed by atoms with E-state index in [4.69, 9.17) is 4.52 Å². The summed E-state index contributed by atoms with van der Waals surface area (Å²) >= 11 is 0. The van der Waals surface area contributed by atoms with Crippen LogP contribution in [0.15, 0.2) is 16.9 Å². The minimum absolute atomic E-state index is 0.102. The van der Waals surface area contributed by atoms with E-state index in [-0.39, 0.29) is 5.91 Å². The van der Waals surface area contributed by atoms with Gasteiger partial charge in [0.05, 0.1) is 24.3 Å². The molecule has 0 radical (unpaired) electrons. The third-order valence-corrected chi connectivity index (χ3v) is 3.67. The van der Waals surface area contributed by atoms with Gasteiger partial charge in [-0.2, -0.15) is 0 Å². The molecule has 3 rings (SSSR count). The molecule has 0 unspecified atom stereocenters. The van der Waals surface area contributed by atoms with Crippen LogP contribution in [0.4, 0.5) is 0 Å².